The van der Waals surface area contributed by atoms with E-state index in [0.717, 1.165) is 12.0 Å². The summed E-state index contributed by atoms with van der Waals surface area (Å²) < 4.78 is 11.6. The number of hydrogen-bond acceptors (Lipinski definition) is 8. The van der Waals surface area contributed by atoms with Gasteiger partial charge in [0.05, 0.1) is 12.8 Å². The number of methoxy groups -OCH3 is 1. The number of amides is 1. The summed E-state index contributed by atoms with van der Waals surface area (Å²) in [7, 11) is 1.47. The molecule has 0 spiro atoms. The Morgan fingerprint density at radius 3 is 2.62 bits per heavy atom. The molecule has 0 atom stereocenters. The molecule has 10 heteroatoms. The van der Waals surface area contributed by atoms with Gasteiger partial charge in [-0.2, -0.15) is 10.2 Å². The van der Waals surface area contributed by atoms with E-state index in [2.05, 4.69) is 31.2 Å². The monoisotopic (exact) mass is 496 g/mol. The summed E-state index contributed by atoms with van der Waals surface area (Å²) in [6.45, 7) is 0.313. The van der Waals surface area contributed by atoms with E-state index in [9.17, 15) is 10.1 Å². The molecule has 9 nitrogen and oxygen atoms in total. The van der Waals surface area contributed by atoms with Crippen LogP contribution in [0.25, 0.3) is 11.3 Å². The number of carbonyl (C=O) groups excluding carboxylic acids is 1. The Hall–Kier alpha value is -3.84. The number of carbonyl (C=O) groups is 1. The summed E-state index contributed by atoms with van der Waals surface area (Å²) in [6.07, 6.45) is 0.725. The van der Waals surface area contributed by atoms with Gasteiger partial charge in [-0.05, 0) is 40.0 Å². The van der Waals surface area contributed by atoms with Gasteiger partial charge >= 0.3 is 0 Å². The first-order chi connectivity index (χ1) is 15.4. The second-order valence-corrected chi connectivity index (χ2v) is 7.51. The number of nitrogens with two attached hydrogens (primary N) is 2. The van der Waals surface area contributed by atoms with E-state index in [4.69, 9.17) is 20.9 Å². The van der Waals surface area contributed by atoms with Crippen LogP contribution in [0.1, 0.15) is 11.1 Å². The quantitative estimate of drug-likeness (QED) is 0.430. The molecular weight excluding hydrogens is 476 g/mol. The predicted octanol–water partition coefficient (Wildman–Crippen LogP) is 2.69. The zero-order valence-electron chi connectivity index (χ0n) is 17.3. The molecule has 32 heavy (non-hydrogen) atoms. The molecule has 0 aliphatic carbocycles. The normalized spacial score (nSPS) is 10.3. The van der Waals surface area contributed by atoms with Gasteiger partial charge in [0.15, 0.2) is 18.1 Å². The first-order valence-corrected chi connectivity index (χ1v) is 10.4. The number of nitrogens with zero attached hydrogens (tertiary/aromatic N) is 3. The van der Waals surface area contributed by atoms with Crippen LogP contribution >= 0.6 is 15.9 Å². The van der Waals surface area contributed by atoms with Gasteiger partial charge in [0.1, 0.15) is 17.5 Å². The van der Waals surface area contributed by atoms with Crippen molar-refractivity contribution in [1.82, 2.24) is 15.3 Å². The number of benzene rings is 2. The fourth-order valence-electron chi connectivity index (χ4n) is 2.98. The second kappa shape index (κ2) is 10.5. The molecule has 3 aromatic rings. The van der Waals surface area contributed by atoms with Crippen molar-refractivity contribution in [3.8, 4) is 28.8 Å². The second-order valence-electron chi connectivity index (χ2n) is 6.66. The lowest BCUT2D eigenvalue weighted by Gasteiger charge is -2.15. The molecule has 5 N–H and O–H groups in total. The SMILES string of the molecule is COc1cc(-c2nc(N)nc(N)c2C#N)c(Br)cc1OCC(=O)NCCc1ccccc1. The van der Waals surface area contributed by atoms with Crippen LogP contribution in [0.15, 0.2) is 46.9 Å². The van der Waals surface area contributed by atoms with Crippen molar-refractivity contribution in [3.63, 3.8) is 0 Å². The van der Waals surface area contributed by atoms with Crippen LogP contribution in [0, 0.1) is 11.3 Å². The number of nitrogens with one attached hydrogen (secondary N) is 1. The number of anilines is 2. The van der Waals surface area contributed by atoms with Crippen molar-refractivity contribution >= 4 is 33.6 Å². The third-order valence-electron chi connectivity index (χ3n) is 4.51. The molecular formula is C22H21BrN6O3. The van der Waals surface area contributed by atoms with Crippen LogP contribution < -0.4 is 26.3 Å². The number of halogens is 1. The van der Waals surface area contributed by atoms with Crippen molar-refractivity contribution in [3.05, 3.63) is 58.1 Å². The van der Waals surface area contributed by atoms with Gasteiger partial charge in [-0.3, -0.25) is 4.79 Å². The van der Waals surface area contributed by atoms with Gasteiger partial charge in [0, 0.05) is 16.6 Å². The van der Waals surface area contributed by atoms with Gasteiger partial charge in [-0.25, -0.2) is 4.98 Å². The third kappa shape index (κ3) is 5.44. The first-order valence-electron chi connectivity index (χ1n) is 9.57. The minimum atomic E-state index is -0.258. The van der Waals surface area contributed by atoms with Gasteiger partial charge in [0.25, 0.3) is 5.91 Å². The van der Waals surface area contributed by atoms with Crippen molar-refractivity contribution in [2.75, 3.05) is 31.7 Å². The largest absolute Gasteiger partial charge is 0.493 e. The van der Waals surface area contributed by atoms with Gasteiger partial charge in [0.2, 0.25) is 5.95 Å². The lowest BCUT2D eigenvalue weighted by atomic mass is 10.1. The standard InChI is InChI=1S/C22H21BrN6O3/c1-31-17-9-14(20-15(11-24)21(25)29-22(26)28-20)16(23)10-18(17)32-12-19(30)27-8-7-13-5-3-2-4-6-13/h2-6,9-10H,7-8,12H2,1H3,(H,27,30)(H4,25,26,28,29). The summed E-state index contributed by atoms with van der Waals surface area (Å²) >= 11 is 3.45. The molecule has 1 heterocycles. The van der Waals surface area contributed by atoms with Crippen molar-refractivity contribution in [1.29, 1.82) is 5.26 Å². The number of nitrogen functional groups attached to an aromatic ring is 2. The highest BCUT2D eigenvalue weighted by Crippen LogP contribution is 2.39. The average Bonchev–Trinajstić information content (AvgIpc) is 2.78. The molecule has 0 bridgehead atoms. The highest BCUT2D eigenvalue weighted by molar-refractivity contribution is 9.10. The van der Waals surface area contributed by atoms with Gasteiger partial charge in [-0.15, -0.1) is 0 Å². The lowest BCUT2D eigenvalue weighted by Crippen LogP contribution is -2.30. The number of ether oxygens (including phenoxy) is 2. The van der Waals surface area contributed by atoms with Crippen molar-refractivity contribution in [2.24, 2.45) is 0 Å². The molecule has 3 rings (SSSR count). The fourth-order valence-corrected chi connectivity index (χ4v) is 3.49. The molecule has 0 aliphatic rings. The highest BCUT2D eigenvalue weighted by atomic mass is 79.9. The molecule has 2 aromatic carbocycles. The Morgan fingerprint density at radius 1 is 1.19 bits per heavy atom. The molecule has 0 saturated heterocycles. The van der Waals surface area contributed by atoms with Crippen molar-refractivity contribution in [2.45, 2.75) is 6.42 Å². The highest BCUT2D eigenvalue weighted by Gasteiger charge is 2.19. The minimum absolute atomic E-state index is 0.0200. The fraction of sp³-hybridized carbons (Fsp3) is 0.182. The molecule has 164 valence electrons. The summed E-state index contributed by atoms with van der Waals surface area (Å²) in [6, 6.07) is 15.1. The summed E-state index contributed by atoms with van der Waals surface area (Å²) in [5.74, 6) is 0.351. The summed E-state index contributed by atoms with van der Waals surface area (Å²) in [4.78, 5) is 20.1. The minimum Gasteiger partial charge on any atom is -0.493 e. The van der Waals surface area contributed by atoms with E-state index in [1.165, 1.54) is 7.11 Å². The van der Waals surface area contributed by atoms with E-state index in [1.54, 1.807) is 12.1 Å². The van der Waals surface area contributed by atoms with E-state index in [0.29, 0.717) is 28.1 Å². The van der Waals surface area contributed by atoms with Crippen LogP contribution in [0.2, 0.25) is 0 Å². The topological polar surface area (TPSA) is 149 Å². The van der Waals surface area contributed by atoms with Crippen molar-refractivity contribution < 1.29 is 14.3 Å². The number of hydrogen-bond donors (Lipinski definition) is 3. The Balaban J connectivity index is 1.72. The van der Waals surface area contributed by atoms with Gasteiger partial charge < -0.3 is 26.3 Å². The van der Waals surface area contributed by atoms with Crippen LogP contribution in [0.3, 0.4) is 0 Å². The maximum absolute atomic E-state index is 12.2. The van der Waals surface area contributed by atoms with Crippen LogP contribution in [0.4, 0.5) is 11.8 Å². The van der Waals surface area contributed by atoms with E-state index >= 15 is 0 Å². The molecule has 0 aliphatic heterocycles. The Kier molecular flexibility index (Phi) is 7.46. The molecule has 1 amide bonds. The number of rotatable bonds is 8. The summed E-state index contributed by atoms with van der Waals surface area (Å²) in [5.41, 5.74) is 13.5. The smallest absolute Gasteiger partial charge is 0.257 e. The average molecular weight is 497 g/mol. The molecule has 0 fully saturated rings. The zero-order chi connectivity index (χ0) is 23.1. The Bertz CT molecular complexity index is 1160. The van der Waals surface area contributed by atoms with Crippen LogP contribution in [0.5, 0.6) is 11.5 Å². The molecule has 1 aromatic heterocycles. The Labute approximate surface area is 193 Å². The first kappa shape index (κ1) is 22.8. The predicted molar refractivity (Wildman–Crippen MR) is 124 cm³/mol. The van der Waals surface area contributed by atoms with E-state index < -0.39 is 0 Å². The maximum Gasteiger partial charge on any atom is 0.257 e. The van der Waals surface area contributed by atoms with Crippen LogP contribution in [-0.4, -0.2) is 36.1 Å². The summed E-state index contributed by atoms with van der Waals surface area (Å²) in [5, 5.41) is 12.3. The molecule has 0 saturated carbocycles. The van der Waals surface area contributed by atoms with E-state index in [-0.39, 0.29) is 35.5 Å². The lowest BCUT2D eigenvalue weighted by molar-refractivity contribution is -0.123. The van der Waals surface area contributed by atoms with E-state index in [1.807, 2.05) is 36.4 Å². The maximum atomic E-state index is 12.2. The third-order valence-corrected chi connectivity index (χ3v) is 5.17. The molecule has 0 radical (unpaired) electrons. The van der Waals surface area contributed by atoms with Gasteiger partial charge in [-0.1, -0.05) is 30.3 Å². The van der Waals surface area contributed by atoms with Crippen LogP contribution in [-0.2, 0) is 11.2 Å². The molecule has 0 unspecified atom stereocenters. The zero-order valence-corrected chi connectivity index (χ0v) is 18.8. The Morgan fingerprint density at radius 2 is 1.94 bits per heavy atom. The number of aromatic nitrogens is 2. The number of nitriles is 1.